The Kier molecular flexibility index (Phi) is 9.28. The standard InChI is InChI=1S/C26H39ClN2O.CH2/c27-24-13-12-20(9-6-16-28-22-10-2-1-3-11-22)17-23(24)25(30)29-19-26-14-4-7-21(18-26)8-5-15-26;/h12-13,17,21-22,28H,1-11,14-16,18-19H2,(H,29,30);1H2. The Hall–Kier alpha value is -1.06. The van der Waals surface area contributed by atoms with Gasteiger partial charge in [-0.2, -0.15) is 0 Å². The molecule has 0 saturated heterocycles. The zero-order chi connectivity index (χ0) is 20.8. The van der Waals surface area contributed by atoms with Gasteiger partial charge in [0.05, 0.1) is 10.6 Å². The fourth-order valence-electron chi connectivity index (χ4n) is 6.24. The average molecular weight is 445 g/mol. The maximum absolute atomic E-state index is 12.9. The van der Waals surface area contributed by atoms with Crippen molar-refractivity contribution in [3.05, 3.63) is 41.8 Å². The molecule has 2 radical (unpaired) electrons. The van der Waals surface area contributed by atoms with E-state index in [1.54, 1.807) is 0 Å². The van der Waals surface area contributed by atoms with Gasteiger partial charge in [0, 0.05) is 12.6 Å². The second-order valence-corrected chi connectivity index (χ2v) is 10.7. The number of halogens is 1. The molecule has 3 aliphatic rings. The van der Waals surface area contributed by atoms with E-state index in [4.69, 9.17) is 11.6 Å². The van der Waals surface area contributed by atoms with Crippen LogP contribution in [-0.4, -0.2) is 25.0 Å². The van der Waals surface area contributed by atoms with Gasteiger partial charge in [0.15, 0.2) is 0 Å². The van der Waals surface area contributed by atoms with Gasteiger partial charge in [-0.05, 0) is 80.5 Å². The quantitative estimate of drug-likeness (QED) is 0.442. The molecule has 4 heteroatoms. The Morgan fingerprint density at radius 1 is 1.03 bits per heavy atom. The van der Waals surface area contributed by atoms with E-state index in [2.05, 4.69) is 16.7 Å². The highest BCUT2D eigenvalue weighted by atomic mass is 35.5. The van der Waals surface area contributed by atoms with Crippen molar-refractivity contribution < 1.29 is 4.79 Å². The molecule has 0 aromatic heterocycles. The molecule has 0 aliphatic heterocycles. The predicted molar refractivity (Wildman–Crippen MR) is 131 cm³/mol. The largest absolute Gasteiger partial charge is 0.351 e. The number of carbonyl (C=O) groups is 1. The highest BCUT2D eigenvalue weighted by Crippen LogP contribution is 2.48. The van der Waals surface area contributed by atoms with Crippen LogP contribution >= 0.6 is 11.6 Å². The lowest BCUT2D eigenvalue weighted by atomic mass is 9.62. The van der Waals surface area contributed by atoms with E-state index >= 15 is 0 Å². The average Bonchev–Trinajstić information content (AvgIpc) is 2.77. The Bertz CT molecular complexity index is 703. The van der Waals surface area contributed by atoms with Crippen LogP contribution in [0, 0.1) is 18.8 Å². The predicted octanol–water partition coefficient (Wildman–Crippen LogP) is 6.61. The fourth-order valence-corrected chi connectivity index (χ4v) is 6.44. The first-order chi connectivity index (χ1) is 14.6. The minimum Gasteiger partial charge on any atom is -0.351 e. The molecule has 1 amide bonds. The zero-order valence-corrected chi connectivity index (χ0v) is 19.9. The van der Waals surface area contributed by atoms with Gasteiger partial charge in [0.1, 0.15) is 0 Å². The lowest BCUT2D eigenvalue weighted by Crippen LogP contribution is -2.43. The van der Waals surface area contributed by atoms with E-state index in [1.165, 1.54) is 82.6 Å². The summed E-state index contributed by atoms with van der Waals surface area (Å²) in [5.41, 5.74) is 2.20. The van der Waals surface area contributed by atoms with E-state index < -0.39 is 0 Å². The van der Waals surface area contributed by atoms with Crippen LogP contribution in [0.1, 0.15) is 99.4 Å². The van der Waals surface area contributed by atoms with Crippen molar-refractivity contribution in [2.24, 2.45) is 11.3 Å². The van der Waals surface area contributed by atoms with Crippen molar-refractivity contribution in [2.45, 2.75) is 95.9 Å². The molecule has 1 aromatic rings. The minimum absolute atomic E-state index is 0. The summed E-state index contributed by atoms with van der Waals surface area (Å²) in [6, 6.07) is 6.70. The van der Waals surface area contributed by atoms with Crippen LogP contribution in [0.15, 0.2) is 18.2 Å². The first kappa shape index (κ1) is 24.6. The molecule has 2 N–H and O–H groups in total. The lowest BCUT2D eigenvalue weighted by molar-refractivity contribution is 0.0682. The molecule has 0 unspecified atom stereocenters. The third-order valence-corrected chi connectivity index (χ3v) is 8.27. The van der Waals surface area contributed by atoms with Crippen molar-refractivity contribution in [2.75, 3.05) is 13.1 Å². The van der Waals surface area contributed by atoms with Gasteiger partial charge < -0.3 is 10.6 Å². The molecule has 172 valence electrons. The number of nitrogens with one attached hydrogen (secondary N) is 2. The van der Waals surface area contributed by atoms with Crippen LogP contribution in [0.3, 0.4) is 0 Å². The number of rotatable bonds is 8. The molecule has 0 atom stereocenters. The third-order valence-electron chi connectivity index (χ3n) is 7.94. The Labute approximate surface area is 195 Å². The number of amides is 1. The smallest absolute Gasteiger partial charge is 0.252 e. The number of carbonyl (C=O) groups excluding carboxylic acids is 1. The normalized spacial score (nSPS) is 26.2. The summed E-state index contributed by atoms with van der Waals surface area (Å²) in [6.07, 6.45) is 18.1. The molecular weight excluding hydrogens is 404 g/mol. The highest BCUT2D eigenvalue weighted by molar-refractivity contribution is 6.33. The van der Waals surface area contributed by atoms with Crippen LogP contribution in [0.2, 0.25) is 5.02 Å². The van der Waals surface area contributed by atoms with Crippen molar-refractivity contribution in [1.82, 2.24) is 10.6 Å². The summed E-state index contributed by atoms with van der Waals surface area (Å²) in [5, 5.41) is 7.54. The van der Waals surface area contributed by atoms with Crippen LogP contribution in [0.5, 0.6) is 0 Å². The summed E-state index contributed by atoms with van der Waals surface area (Å²) >= 11 is 6.41. The van der Waals surface area contributed by atoms with Crippen molar-refractivity contribution >= 4 is 17.5 Å². The van der Waals surface area contributed by atoms with Crippen molar-refractivity contribution in [3.8, 4) is 0 Å². The molecule has 1 aromatic carbocycles. The Balaban J connectivity index is 0.00000272. The van der Waals surface area contributed by atoms with Crippen LogP contribution in [0.4, 0.5) is 0 Å². The highest BCUT2D eigenvalue weighted by Gasteiger charge is 2.39. The molecule has 4 rings (SSSR count). The minimum atomic E-state index is 0. The van der Waals surface area contributed by atoms with Crippen LogP contribution in [0.25, 0.3) is 0 Å². The number of benzene rings is 1. The summed E-state index contributed by atoms with van der Waals surface area (Å²) in [4.78, 5) is 12.9. The molecule has 0 heterocycles. The van der Waals surface area contributed by atoms with Crippen molar-refractivity contribution in [3.63, 3.8) is 0 Å². The SMILES string of the molecule is O=C(NCC12CCCC(CCC1)C2)c1cc(CCCNC2CCCCC2)ccc1Cl.[CH2]. The second kappa shape index (κ2) is 11.7. The van der Waals surface area contributed by atoms with Crippen molar-refractivity contribution in [1.29, 1.82) is 0 Å². The number of hydrogen-bond acceptors (Lipinski definition) is 2. The first-order valence-electron chi connectivity index (χ1n) is 12.4. The Morgan fingerprint density at radius 2 is 1.77 bits per heavy atom. The molecule has 3 fully saturated rings. The van der Waals surface area contributed by atoms with Crippen LogP contribution in [-0.2, 0) is 6.42 Å². The number of fused-ring (bicyclic) bond motifs is 2. The fraction of sp³-hybridized carbons (Fsp3) is 0.704. The van der Waals surface area contributed by atoms with Crippen LogP contribution < -0.4 is 10.6 Å². The monoisotopic (exact) mass is 444 g/mol. The Morgan fingerprint density at radius 3 is 2.52 bits per heavy atom. The van der Waals surface area contributed by atoms with E-state index in [-0.39, 0.29) is 13.3 Å². The number of aryl methyl sites for hydroxylation is 1. The third kappa shape index (κ3) is 6.71. The summed E-state index contributed by atoms with van der Waals surface area (Å²) < 4.78 is 0. The molecule has 3 aliphatic carbocycles. The number of hydrogen-bond donors (Lipinski definition) is 2. The molecular formula is C27H41ClN2O. The second-order valence-electron chi connectivity index (χ2n) is 10.2. The van der Waals surface area contributed by atoms with Gasteiger partial charge in [0.2, 0.25) is 0 Å². The van der Waals surface area contributed by atoms with Gasteiger partial charge in [-0.3, -0.25) is 4.79 Å². The van der Waals surface area contributed by atoms with E-state index in [0.29, 0.717) is 22.0 Å². The molecule has 2 bridgehead atoms. The summed E-state index contributed by atoms with van der Waals surface area (Å²) in [7, 11) is 0. The topological polar surface area (TPSA) is 41.1 Å². The van der Waals surface area contributed by atoms with Gasteiger partial charge >= 0.3 is 0 Å². The van der Waals surface area contributed by atoms with E-state index in [0.717, 1.165) is 31.8 Å². The first-order valence-corrected chi connectivity index (χ1v) is 12.8. The molecule has 3 saturated carbocycles. The molecule has 3 nitrogen and oxygen atoms in total. The zero-order valence-electron chi connectivity index (χ0n) is 19.2. The van der Waals surface area contributed by atoms with E-state index in [9.17, 15) is 4.79 Å². The lowest BCUT2D eigenvalue weighted by Gasteiger charge is -2.45. The molecule has 0 spiro atoms. The summed E-state index contributed by atoms with van der Waals surface area (Å²) in [5.74, 6) is 0.891. The van der Waals surface area contributed by atoms with Gasteiger partial charge in [-0.1, -0.05) is 70.0 Å². The van der Waals surface area contributed by atoms with Gasteiger partial charge in [0.25, 0.3) is 5.91 Å². The van der Waals surface area contributed by atoms with E-state index in [1.807, 2.05) is 12.1 Å². The molecule has 31 heavy (non-hydrogen) atoms. The van der Waals surface area contributed by atoms with Gasteiger partial charge in [-0.25, -0.2) is 0 Å². The maximum Gasteiger partial charge on any atom is 0.252 e. The summed E-state index contributed by atoms with van der Waals surface area (Å²) in [6.45, 7) is 1.87. The van der Waals surface area contributed by atoms with Gasteiger partial charge in [-0.15, -0.1) is 0 Å². The maximum atomic E-state index is 12.9.